The number of hydrogen-bond acceptors (Lipinski definition) is 5. The van der Waals surface area contributed by atoms with Crippen molar-refractivity contribution < 1.29 is 23.9 Å². The molecule has 4 rings (SSSR count). The molecule has 1 saturated carbocycles. The second-order valence-electron chi connectivity index (χ2n) is 9.91. The first kappa shape index (κ1) is 20.6. The Balaban J connectivity index is 2.09. The summed E-state index contributed by atoms with van der Waals surface area (Å²) in [6.07, 6.45) is 5.79. The molecule has 29 heavy (non-hydrogen) atoms. The maximum Gasteiger partial charge on any atom is 0.496 e. The zero-order valence-electron chi connectivity index (χ0n) is 18.5. The highest BCUT2D eigenvalue weighted by molar-refractivity contribution is 6.63. The van der Waals surface area contributed by atoms with Crippen LogP contribution in [-0.4, -0.2) is 31.4 Å². The van der Waals surface area contributed by atoms with Crippen molar-refractivity contribution in [2.24, 2.45) is 11.3 Å². The number of benzene rings is 1. The summed E-state index contributed by atoms with van der Waals surface area (Å²) in [5.41, 5.74) is 2.23. The van der Waals surface area contributed by atoms with E-state index in [0.717, 1.165) is 24.0 Å². The summed E-state index contributed by atoms with van der Waals surface area (Å²) < 4.78 is 17.5. The molecule has 0 saturated heterocycles. The molecule has 1 aromatic carbocycles. The van der Waals surface area contributed by atoms with Gasteiger partial charge >= 0.3 is 7.12 Å². The normalized spacial score (nSPS) is 28.4. The molecule has 6 heteroatoms. The van der Waals surface area contributed by atoms with Crippen molar-refractivity contribution in [2.45, 2.75) is 71.1 Å². The van der Waals surface area contributed by atoms with E-state index in [0.29, 0.717) is 23.0 Å². The molecule has 2 aromatic rings. The van der Waals surface area contributed by atoms with Gasteiger partial charge in [-0.2, -0.15) is 0 Å². The molecule has 0 amide bonds. The van der Waals surface area contributed by atoms with Crippen LogP contribution in [-0.2, 0) is 5.41 Å². The van der Waals surface area contributed by atoms with Crippen LogP contribution in [0.25, 0.3) is 11.0 Å². The van der Waals surface area contributed by atoms with Gasteiger partial charge in [-0.25, -0.2) is 0 Å². The molecule has 1 aromatic heterocycles. The predicted octanol–water partition coefficient (Wildman–Crippen LogP) is 4.11. The van der Waals surface area contributed by atoms with Crippen LogP contribution in [0.4, 0.5) is 0 Å². The minimum Gasteiger partial charge on any atom is -0.493 e. The molecule has 0 spiro atoms. The van der Waals surface area contributed by atoms with Gasteiger partial charge in [0.05, 0.1) is 19.7 Å². The van der Waals surface area contributed by atoms with Gasteiger partial charge in [-0.15, -0.1) is 0 Å². The van der Waals surface area contributed by atoms with Gasteiger partial charge < -0.3 is 23.9 Å². The lowest BCUT2D eigenvalue weighted by Crippen LogP contribution is -2.44. The average Bonchev–Trinajstić information content (AvgIpc) is 2.99. The van der Waals surface area contributed by atoms with Crippen molar-refractivity contribution in [1.82, 2.24) is 0 Å². The monoisotopic (exact) mass is 400 g/mol. The molecular weight excluding hydrogens is 367 g/mol. The molecule has 2 N–H and O–H groups in total. The van der Waals surface area contributed by atoms with Gasteiger partial charge in [0.15, 0.2) is 11.5 Å². The Morgan fingerprint density at radius 3 is 2.45 bits per heavy atom. The third-order valence-corrected chi connectivity index (χ3v) is 7.78. The second kappa shape index (κ2) is 6.95. The smallest absolute Gasteiger partial charge is 0.493 e. The summed E-state index contributed by atoms with van der Waals surface area (Å²) in [5.74, 6) is 2.62. The largest absolute Gasteiger partial charge is 0.496 e. The number of methoxy groups -OCH3 is 2. The Kier molecular flexibility index (Phi) is 4.94. The summed E-state index contributed by atoms with van der Waals surface area (Å²) >= 11 is 0. The minimum absolute atomic E-state index is 0.0234. The molecular formula is C23H33BO5. The number of rotatable bonds is 3. The lowest BCUT2D eigenvalue weighted by Gasteiger charge is -2.50. The first-order valence-electron chi connectivity index (χ1n) is 10.7. The molecule has 1 unspecified atom stereocenters. The van der Waals surface area contributed by atoms with E-state index in [-0.39, 0.29) is 22.2 Å². The van der Waals surface area contributed by atoms with Crippen LogP contribution < -0.4 is 14.9 Å². The Labute approximate surface area is 173 Å². The van der Waals surface area contributed by atoms with Crippen LogP contribution in [0.5, 0.6) is 11.5 Å². The highest BCUT2D eigenvalue weighted by atomic mass is 16.5. The summed E-state index contributed by atoms with van der Waals surface area (Å²) in [5, 5.41) is 21.3. The van der Waals surface area contributed by atoms with E-state index in [1.165, 1.54) is 31.9 Å². The van der Waals surface area contributed by atoms with Crippen molar-refractivity contribution in [2.75, 3.05) is 14.2 Å². The van der Waals surface area contributed by atoms with E-state index in [1.807, 2.05) is 6.07 Å². The highest BCUT2D eigenvalue weighted by Gasteiger charge is 2.51. The van der Waals surface area contributed by atoms with Crippen LogP contribution in [0.3, 0.4) is 0 Å². The van der Waals surface area contributed by atoms with Gasteiger partial charge in [0.25, 0.3) is 0 Å². The quantitative estimate of drug-likeness (QED) is 0.759. The highest BCUT2D eigenvalue weighted by Crippen LogP contribution is 2.59. The van der Waals surface area contributed by atoms with E-state index in [1.54, 1.807) is 7.11 Å². The molecule has 2 aliphatic rings. The summed E-state index contributed by atoms with van der Waals surface area (Å²) in [6, 6.07) is 1.96. The van der Waals surface area contributed by atoms with Crippen LogP contribution in [0.15, 0.2) is 10.5 Å². The van der Waals surface area contributed by atoms with Crippen molar-refractivity contribution >= 4 is 23.6 Å². The summed E-state index contributed by atoms with van der Waals surface area (Å²) in [6.45, 7) is 9.41. The first-order chi connectivity index (χ1) is 13.7. The lowest BCUT2D eigenvalue weighted by atomic mass is 9.53. The molecule has 158 valence electrons. The summed E-state index contributed by atoms with van der Waals surface area (Å²) in [7, 11) is 1.37. The molecule has 3 atom stereocenters. The maximum absolute atomic E-state index is 10.2. The number of hydrogen-bond donors (Lipinski definition) is 2. The molecule has 5 nitrogen and oxygen atoms in total. The maximum atomic E-state index is 10.2. The third-order valence-electron chi connectivity index (χ3n) is 7.78. The van der Waals surface area contributed by atoms with Gasteiger partial charge in [-0.1, -0.05) is 34.1 Å². The standard InChI is InChI=1S/C23H33BO5/c1-13-8-9-16-22(2,3)10-7-11-23(16,4)17-14-12-15(27-5)21(28-6)18(24(25)26)20(14)29-19(13)17/h12-13,16,25-26H,7-11H2,1-6H3/t13?,16-,23-/m1/s1. The van der Waals surface area contributed by atoms with E-state index in [2.05, 4.69) is 27.7 Å². The topological polar surface area (TPSA) is 72.1 Å². The third kappa shape index (κ3) is 2.90. The lowest BCUT2D eigenvalue weighted by molar-refractivity contribution is 0.0504. The molecule has 0 aliphatic heterocycles. The van der Waals surface area contributed by atoms with Gasteiger partial charge in [-0.3, -0.25) is 0 Å². The number of fused-ring (bicyclic) bond motifs is 5. The molecule has 1 heterocycles. The van der Waals surface area contributed by atoms with Crippen molar-refractivity contribution in [3.8, 4) is 11.5 Å². The molecule has 2 aliphatic carbocycles. The van der Waals surface area contributed by atoms with Crippen molar-refractivity contribution in [3.63, 3.8) is 0 Å². The Hall–Kier alpha value is -1.66. The molecule has 0 bridgehead atoms. The van der Waals surface area contributed by atoms with E-state index >= 15 is 0 Å². The molecule has 1 fully saturated rings. The van der Waals surface area contributed by atoms with Crippen LogP contribution in [0, 0.1) is 11.3 Å². The van der Waals surface area contributed by atoms with Crippen LogP contribution in [0.2, 0.25) is 0 Å². The van der Waals surface area contributed by atoms with E-state index in [4.69, 9.17) is 13.9 Å². The molecule has 0 radical (unpaired) electrons. The zero-order valence-corrected chi connectivity index (χ0v) is 18.5. The fraction of sp³-hybridized carbons (Fsp3) is 0.652. The summed E-state index contributed by atoms with van der Waals surface area (Å²) in [4.78, 5) is 0. The van der Waals surface area contributed by atoms with Crippen molar-refractivity contribution in [3.05, 3.63) is 17.4 Å². The fourth-order valence-electron chi connectivity index (χ4n) is 6.44. The fourth-order valence-corrected chi connectivity index (χ4v) is 6.44. The van der Waals surface area contributed by atoms with Gasteiger partial charge in [0.2, 0.25) is 0 Å². The number of ether oxygens (including phenoxy) is 2. The Morgan fingerprint density at radius 2 is 1.83 bits per heavy atom. The first-order valence-corrected chi connectivity index (χ1v) is 10.7. The average molecular weight is 400 g/mol. The van der Waals surface area contributed by atoms with E-state index in [9.17, 15) is 10.0 Å². The van der Waals surface area contributed by atoms with Crippen LogP contribution >= 0.6 is 0 Å². The minimum atomic E-state index is -1.71. The van der Waals surface area contributed by atoms with Gasteiger partial charge in [0, 0.05) is 16.9 Å². The van der Waals surface area contributed by atoms with E-state index < -0.39 is 7.12 Å². The Bertz CT molecular complexity index is 931. The number of furan rings is 1. The van der Waals surface area contributed by atoms with Gasteiger partial charge in [0.1, 0.15) is 11.3 Å². The second-order valence-corrected chi connectivity index (χ2v) is 9.91. The SMILES string of the molecule is COc1cc2c3c(oc2c(B(O)O)c1OC)C(C)CC[C@@H]1C(C)(C)CCC[C@@]31C. The van der Waals surface area contributed by atoms with Crippen molar-refractivity contribution in [1.29, 1.82) is 0 Å². The van der Waals surface area contributed by atoms with Crippen LogP contribution in [0.1, 0.15) is 77.0 Å². The van der Waals surface area contributed by atoms with Gasteiger partial charge in [-0.05, 0) is 48.5 Å². The predicted molar refractivity (Wildman–Crippen MR) is 115 cm³/mol. The Morgan fingerprint density at radius 1 is 1.10 bits per heavy atom. The zero-order chi connectivity index (χ0) is 21.1.